The van der Waals surface area contributed by atoms with E-state index in [0.717, 1.165) is 22.3 Å². The van der Waals surface area contributed by atoms with E-state index in [1.165, 1.54) is 0 Å². The second-order valence-corrected chi connectivity index (χ2v) is 4.81. The van der Waals surface area contributed by atoms with Gasteiger partial charge in [0.15, 0.2) is 0 Å². The first kappa shape index (κ1) is 11.3. The van der Waals surface area contributed by atoms with Crippen molar-refractivity contribution in [1.82, 2.24) is 0 Å². The Hall–Kier alpha value is -1.84. The molecule has 0 saturated carbocycles. The minimum atomic E-state index is -0.183. The van der Waals surface area contributed by atoms with Gasteiger partial charge in [-0.25, -0.2) is 0 Å². The molecule has 4 nitrogen and oxygen atoms in total. The number of carbonyl (C=O) groups is 2. The molecule has 0 atom stereocenters. The maximum absolute atomic E-state index is 11.4. The topological polar surface area (TPSA) is 52.6 Å². The molecule has 0 N–H and O–H groups in total. The number of carbonyl (C=O) groups excluding carboxylic acids is 2. The highest BCUT2D eigenvalue weighted by atomic mass is 16.5. The summed E-state index contributed by atoms with van der Waals surface area (Å²) in [7, 11) is 0. The molecule has 0 bridgehead atoms. The van der Waals surface area contributed by atoms with Crippen LogP contribution in [0.15, 0.2) is 0 Å². The average Bonchev–Trinajstić information content (AvgIpc) is 2.36. The zero-order chi connectivity index (χ0) is 12.9. The summed E-state index contributed by atoms with van der Waals surface area (Å²) in [5.74, 6) is 0.997. The van der Waals surface area contributed by atoms with Gasteiger partial charge in [-0.2, -0.15) is 0 Å². The van der Waals surface area contributed by atoms with E-state index in [0.29, 0.717) is 37.2 Å². The van der Waals surface area contributed by atoms with Crippen LogP contribution in [0.1, 0.15) is 35.1 Å². The average molecular weight is 246 g/mol. The highest BCUT2D eigenvalue weighted by Crippen LogP contribution is 2.43. The van der Waals surface area contributed by atoms with Gasteiger partial charge in [-0.15, -0.1) is 0 Å². The molecule has 0 spiro atoms. The van der Waals surface area contributed by atoms with Crippen LogP contribution in [0, 0.1) is 13.8 Å². The minimum absolute atomic E-state index is 0.183. The molecule has 18 heavy (non-hydrogen) atoms. The van der Waals surface area contributed by atoms with Crippen molar-refractivity contribution >= 4 is 11.9 Å². The lowest BCUT2D eigenvalue weighted by Gasteiger charge is -2.27. The molecule has 0 fully saturated rings. The molecule has 0 unspecified atom stereocenters. The number of rotatable bonds is 0. The summed E-state index contributed by atoms with van der Waals surface area (Å²) in [6.07, 6.45) is 2.15. The van der Waals surface area contributed by atoms with Crippen LogP contribution >= 0.6 is 0 Å². The summed E-state index contributed by atoms with van der Waals surface area (Å²) in [6.45, 7) is 3.80. The maximum atomic E-state index is 11.4. The molecule has 0 aromatic heterocycles. The summed E-state index contributed by atoms with van der Waals surface area (Å²) in [6, 6.07) is 0. The van der Waals surface area contributed by atoms with Gasteiger partial charge < -0.3 is 9.47 Å². The summed E-state index contributed by atoms with van der Waals surface area (Å²) in [5.41, 5.74) is 3.87. The third kappa shape index (κ3) is 1.52. The first-order chi connectivity index (χ1) is 8.58. The molecule has 0 radical (unpaired) electrons. The SMILES string of the molecule is Cc1c(C)c2c(c3c1OC(=O)CC3)CCC(=O)O2. The van der Waals surface area contributed by atoms with E-state index < -0.39 is 0 Å². The predicted octanol–water partition coefficient (Wildman–Crippen LogP) is 2.01. The number of fused-ring (bicyclic) bond motifs is 3. The number of hydrogen-bond acceptors (Lipinski definition) is 4. The van der Waals surface area contributed by atoms with Crippen molar-refractivity contribution in [2.45, 2.75) is 39.5 Å². The van der Waals surface area contributed by atoms with E-state index in [4.69, 9.17) is 9.47 Å². The van der Waals surface area contributed by atoms with E-state index in [-0.39, 0.29) is 11.9 Å². The fourth-order valence-corrected chi connectivity index (χ4v) is 2.66. The van der Waals surface area contributed by atoms with E-state index in [9.17, 15) is 9.59 Å². The van der Waals surface area contributed by atoms with Crippen LogP contribution in [0.3, 0.4) is 0 Å². The Morgan fingerprint density at radius 2 is 1.11 bits per heavy atom. The Morgan fingerprint density at radius 3 is 1.50 bits per heavy atom. The number of hydrogen-bond donors (Lipinski definition) is 0. The molecule has 0 amide bonds. The van der Waals surface area contributed by atoms with Crippen LogP contribution in [0.4, 0.5) is 0 Å². The molecule has 3 rings (SSSR count). The summed E-state index contributed by atoms with van der Waals surface area (Å²) in [5, 5.41) is 0. The second-order valence-electron chi connectivity index (χ2n) is 4.81. The van der Waals surface area contributed by atoms with Crippen LogP contribution in [0.5, 0.6) is 11.5 Å². The highest BCUT2D eigenvalue weighted by molar-refractivity contribution is 5.81. The van der Waals surface area contributed by atoms with Gasteiger partial charge in [0.25, 0.3) is 0 Å². The monoisotopic (exact) mass is 246 g/mol. The molecule has 2 aliphatic heterocycles. The third-order valence-corrected chi connectivity index (χ3v) is 3.75. The number of esters is 2. The lowest BCUT2D eigenvalue weighted by atomic mass is 9.89. The van der Waals surface area contributed by atoms with Crippen LogP contribution in [0.25, 0.3) is 0 Å². The van der Waals surface area contributed by atoms with Crippen molar-refractivity contribution in [3.63, 3.8) is 0 Å². The van der Waals surface area contributed by atoms with Crippen LogP contribution < -0.4 is 9.47 Å². The Labute approximate surface area is 105 Å². The molecule has 2 aliphatic rings. The van der Waals surface area contributed by atoms with Gasteiger partial charge in [0.05, 0.1) is 12.8 Å². The van der Waals surface area contributed by atoms with Crippen molar-refractivity contribution in [1.29, 1.82) is 0 Å². The Kier molecular flexibility index (Phi) is 2.40. The lowest BCUT2D eigenvalue weighted by Crippen LogP contribution is -2.23. The smallest absolute Gasteiger partial charge is 0.311 e. The van der Waals surface area contributed by atoms with Crippen molar-refractivity contribution < 1.29 is 19.1 Å². The second kappa shape index (κ2) is 3.83. The fraction of sp³-hybridized carbons (Fsp3) is 0.429. The lowest BCUT2D eigenvalue weighted by molar-refractivity contribution is -0.136. The molecule has 1 aromatic carbocycles. The van der Waals surface area contributed by atoms with Crippen LogP contribution in [-0.4, -0.2) is 11.9 Å². The fourth-order valence-electron chi connectivity index (χ4n) is 2.66. The molecule has 2 heterocycles. The summed E-state index contributed by atoms with van der Waals surface area (Å²) < 4.78 is 10.7. The molecule has 94 valence electrons. The third-order valence-electron chi connectivity index (χ3n) is 3.75. The first-order valence-electron chi connectivity index (χ1n) is 6.14. The van der Waals surface area contributed by atoms with Crippen LogP contribution in [-0.2, 0) is 22.4 Å². The standard InChI is InChI=1S/C14H14O4/c1-7-8(2)14-10(4-6-12(16)18-14)9-3-5-11(15)17-13(7)9/h3-6H2,1-2H3. The molecule has 4 heteroatoms. The van der Waals surface area contributed by atoms with E-state index >= 15 is 0 Å². The Balaban J connectivity index is 2.24. The van der Waals surface area contributed by atoms with Gasteiger partial charge in [-0.1, -0.05) is 0 Å². The van der Waals surface area contributed by atoms with Crippen molar-refractivity contribution in [2.24, 2.45) is 0 Å². The van der Waals surface area contributed by atoms with Gasteiger partial charge in [0, 0.05) is 11.1 Å². The quantitative estimate of drug-likeness (QED) is 0.519. The Morgan fingerprint density at radius 1 is 0.722 bits per heavy atom. The zero-order valence-electron chi connectivity index (χ0n) is 10.5. The molecule has 1 aromatic rings. The number of ether oxygens (including phenoxy) is 2. The maximum Gasteiger partial charge on any atom is 0.311 e. The van der Waals surface area contributed by atoms with Crippen molar-refractivity contribution in [2.75, 3.05) is 0 Å². The van der Waals surface area contributed by atoms with Crippen LogP contribution in [0.2, 0.25) is 0 Å². The van der Waals surface area contributed by atoms with E-state index in [1.54, 1.807) is 0 Å². The molecular weight excluding hydrogens is 232 g/mol. The minimum Gasteiger partial charge on any atom is -0.426 e. The molecule has 0 aliphatic carbocycles. The first-order valence-corrected chi connectivity index (χ1v) is 6.14. The highest BCUT2D eigenvalue weighted by Gasteiger charge is 2.30. The van der Waals surface area contributed by atoms with Gasteiger partial charge >= 0.3 is 11.9 Å². The zero-order valence-corrected chi connectivity index (χ0v) is 10.5. The van der Waals surface area contributed by atoms with Gasteiger partial charge in [-0.3, -0.25) is 9.59 Å². The van der Waals surface area contributed by atoms with Crippen molar-refractivity contribution in [3.05, 3.63) is 22.3 Å². The number of benzene rings is 1. The van der Waals surface area contributed by atoms with Gasteiger partial charge in [0.2, 0.25) is 0 Å². The molecule has 0 saturated heterocycles. The largest absolute Gasteiger partial charge is 0.426 e. The molecular formula is C14H14O4. The van der Waals surface area contributed by atoms with E-state index in [1.807, 2.05) is 13.8 Å². The summed E-state index contributed by atoms with van der Waals surface area (Å²) >= 11 is 0. The Bertz CT molecular complexity index is 521. The van der Waals surface area contributed by atoms with Gasteiger partial charge in [-0.05, 0) is 37.8 Å². The predicted molar refractivity (Wildman–Crippen MR) is 63.8 cm³/mol. The van der Waals surface area contributed by atoms with Gasteiger partial charge in [0.1, 0.15) is 11.5 Å². The van der Waals surface area contributed by atoms with Crippen molar-refractivity contribution in [3.8, 4) is 11.5 Å². The van der Waals surface area contributed by atoms with E-state index in [2.05, 4.69) is 0 Å². The normalized spacial score (nSPS) is 17.7. The summed E-state index contributed by atoms with van der Waals surface area (Å²) in [4.78, 5) is 22.8.